The van der Waals surface area contributed by atoms with E-state index in [1.165, 1.54) is 17.4 Å². The first-order valence-corrected chi connectivity index (χ1v) is 7.92. The van der Waals surface area contributed by atoms with Crippen LogP contribution in [-0.2, 0) is 4.74 Å². The van der Waals surface area contributed by atoms with Gasteiger partial charge >= 0.3 is 0 Å². The summed E-state index contributed by atoms with van der Waals surface area (Å²) in [5.74, 6) is -0.302. The lowest BCUT2D eigenvalue weighted by Gasteiger charge is -2.03. The lowest BCUT2D eigenvalue weighted by molar-refractivity contribution is 0.102. The van der Waals surface area contributed by atoms with E-state index < -0.39 is 0 Å². The summed E-state index contributed by atoms with van der Waals surface area (Å²) in [6.45, 7) is 0.745. The van der Waals surface area contributed by atoms with E-state index in [9.17, 15) is 4.79 Å². The molecule has 1 aromatic heterocycles. The summed E-state index contributed by atoms with van der Waals surface area (Å²) < 4.78 is 5.53. The standard InChI is InChI=1S/C13H11Cl2N3O2S/c14-8-4-3-7(6-9(8)15)11(19)16-13-18-17-12(21-13)10-2-1-5-20-10/h3-4,6,10H,1-2,5H2,(H,16,18,19)/t10-/m0/s1. The van der Waals surface area contributed by atoms with E-state index in [-0.39, 0.29) is 12.0 Å². The molecule has 0 aliphatic carbocycles. The van der Waals surface area contributed by atoms with E-state index in [1.54, 1.807) is 12.1 Å². The zero-order valence-electron chi connectivity index (χ0n) is 10.8. The summed E-state index contributed by atoms with van der Waals surface area (Å²) in [4.78, 5) is 12.1. The quantitative estimate of drug-likeness (QED) is 0.916. The van der Waals surface area contributed by atoms with Gasteiger partial charge < -0.3 is 4.74 Å². The molecular weight excluding hydrogens is 333 g/mol. The van der Waals surface area contributed by atoms with Gasteiger partial charge in [0.05, 0.1) is 10.0 Å². The van der Waals surface area contributed by atoms with Crippen LogP contribution >= 0.6 is 34.5 Å². The first-order valence-electron chi connectivity index (χ1n) is 6.35. The molecule has 5 nitrogen and oxygen atoms in total. The monoisotopic (exact) mass is 343 g/mol. The van der Waals surface area contributed by atoms with E-state index in [0.29, 0.717) is 20.7 Å². The molecule has 0 bridgehead atoms. The van der Waals surface area contributed by atoms with Crippen LogP contribution in [-0.4, -0.2) is 22.7 Å². The highest BCUT2D eigenvalue weighted by molar-refractivity contribution is 7.15. The molecule has 1 atom stereocenters. The number of amides is 1. The number of nitrogens with one attached hydrogen (secondary N) is 1. The van der Waals surface area contributed by atoms with Crippen LogP contribution in [0.5, 0.6) is 0 Å². The molecule has 8 heteroatoms. The van der Waals surface area contributed by atoms with E-state index in [1.807, 2.05) is 0 Å². The predicted molar refractivity (Wildman–Crippen MR) is 82.3 cm³/mol. The van der Waals surface area contributed by atoms with Crippen molar-refractivity contribution in [2.24, 2.45) is 0 Å². The summed E-state index contributed by atoms with van der Waals surface area (Å²) >= 11 is 13.0. The predicted octanol–water partition coefficient (Wildman–Crippen LogP) is 3.95. The van der Waals surface area contributed by atoms with Gasteiger partial charge in [0.1, 0.15) is 11.1 Å². The Balaban J connectivity index is 1.70. The largest absolute Gasteiger partial charge is 0.371 e. The molecule has 0 spiro atoms. The highest BCUT2D eigenvalue weighted by Gasteiger charge is 2.22. The van der Waals surface area contributed by atoms with Crippen molar-refractivity contribution in [3.8, 4) is 0 Å². The molecular formula is C13H11Cl2N3O2S. The van der Waals surface area contributed by atoms with Gasteiger partial charge in [-0.25, -0.2) is 0 Å². The number of anilines is 1. The van der Waals surface area contributed by atoms with Crippen molar-refractivity contribution in [1.82, 2.24) is 10.2 Å². The molecule has 1 aliphatic heterocycles. The van der Waals surface area contributed by atoms with Crippen molar-refractivity contribution in [3.05, 3.63) is 38.8 Å². The molecule has 110 valence electrons. The summed E-state index contributed by atoms with van der Waals surface area (Å²) in [5.41, 5.74) is 0.415. The third-order valence-corrected chi connectivity index (χ3v) is 4.72. The first-order chi connectivity index (χ1) is 10.1. The second-order valence-corrected chi connectivity index (χ2v) is 6.35. The fourth-order valence-electron chi connectivity index (χ4n) is 1.99. The number of hydrogen-bond acceptors (Lipinski definition) is 5. The molecule has 1 aromatic carbocycles. The van der Waals surface area contributed by atoms with Crippen LogP contribution in [0.1, 0.15) is 34.3 Å². The fraction of sp³-hybridized carbons (Fsp3) is 0.308. The van der Waals surface area contributed by atoms with Crippen LogP contribution in [0.25, 0.3) is 0 Å². The molecule has 2 aromatic rings. The Kier molecular flexibility index (Phi) is 4.40. The molecule has 0 radical (unpaired) electrons. The molecule has 3 rings (SSSR count). The van der Waals surface area contributed by atoms with Crippen LogP contribution in [0.3, 0.4) is 0 Å². The van der Waals surface area contributed by atoms with Crippen molar-refractivity contribution in [1.29, 1.82) is 0 Å². The highest BCUT2D eigenvalue weighted by atomic mass is 35.5. The van der Waals surface area contributed by atoms with Gasteiger partial charge in [-0.1, -0.05) is 34.5 Å². The smallest absolute Gasteiger partial charge is 0.257 e. The Morgan fingerprint density at radius 1 is 1.33 bits per heavy atom. The summed E-state index contributed by atoms with van der Waals surface area (Å²) in [6.07, 6.45) is 1.96. The van der Waals surface area contributed by atoms with Gasteiger partial charge in [0, 0.05) is 12.2 Å². The number of rotatable bonds is 3. The molecule has 0 unspecified atom stereocenters. The molecule has 1 saturated heterocycles. The van der Waals surface area contributed by atoms with Crippen LogP contribution in [0, 0.1) is 0 Å². The number of hydrogen-bond donors (Lipinski definition) is 1. The van der Waals surface area contributed by atoms with Crippen LogP contribution < -0.4 is 5.32 Å². The zero-order chi connectivity index (χ0) is 14.8. The average Bonchev–Trinajstić information content (AvgIpc) is 3.12. The molecule has 1 N–H and O–H groups in total. The van der Waals surface area contributed by atoms with Crippen molar-refractivity contribution in [2.45, 2.75) is 18.9 Å². The maximum atomic E-state index is 12.1. The number of carbonyl (C=O) groups is 1. The van der Waals surface area contributed by atoms with Gasteiger partial charge in [-0.05, 0) is 31.0 Å². The Morgan fingerprint density at radius 3 is 2.90 bits per heavy atom. The third kappa shape index (κ3) is 3.35. The van der Waals surface area contributed by atoms with Crippen LogP contribution in [0.2, 0.25) is 10.0 Å². The molecule has 1 aliphatic rings. The maximum Gasteiger partial charge on any atom is 0.257 e. The Labute approximate surface area is 135 Å². The minimum atomic E-state index is -0.302. The van der Waals surface area contributed by atoms with Crippen molar-refractivity contribution in [2.75, 3.05) is 11.9 Å². The molecule has 1 amide bonds. The third-order valence-electron chi connectivity index (χ3n) is 3.05. The second-order valence-electron chi connectivity index (χ2n) is 4.53. The minimum Gasteiger partial charge on any atom is -0.371 e. The Morgan fingerprint density at radius 2 is 2.19 bits per heavy atom. The van der Waals surface area contributed by atoms with Crippen LogP contribution in [0.4, 0.5) is 5.13 Å². The van der Waals surface area contributed by atoms with E-state index >= 15 is 0 Å². The number of aromatic nitrogens is 2. The molecule has 2 heterocycles. The van der Waals surface area contributed by atoms with Crippen LogP contribution in [0.15, 0.2) is 18.2 Å². The number of nitrogens with zero attached hydrogens (tertiary/aromatic N) is 2. The average molecular weight is 344 g/mol. The van der Waals surface area contributed by atoms with Crippen molar-refractivity contribution in [3.63, 3.8) is 0 Å². The van der Waals surface area contributed by atoms with E-state index in [0.717, 1.165) is 24.5 Å². The van der Waals surface area contributed by atoms with Gasteiger partial charge in [0.15, 0.2) is 0 Å². The van der Waals surface area contributed by atoms with Crippen molar-refractivity contribution >= 4 is 45.6 Å². The highest BCUT2D eigenvalue weighted by Crippen LogP contribution is 2.32. The van der Waals surface area contributed by atoms with E-state index in [4.69, 9.17) is 27.9 Å². The summed E-state index contributed by atoms with van der Waals surface area (Å²) in [7, 11) is 0. The summed E-state index contributed by atoms with van der Waals surface area (Å²) in [5, 5.41) is 12.7. The number of halogens is 2. The zero-order valence-corrected chi connectivity index (χ0v) is 13.1. The van der Waals surface area contributed by atoms with Gasteiger partial charge in [-0.3, -0.25) is 10.1 Å². The van der Waals surface area contributed by atoms with Gasteiger partial charge in [0.25, 0.3) is 5.91 Å². The normalized spacial score (nSPS) is 17.9. The fourth-order valence-corrected chi connectivity index (χ4v) is 3.11. The first kappa shape index (κ1) is 14.7. The lowest BCUT2D eigenvalue weighted by Crippen LogP contribution is -2.11. The Hall–Kier alpha value is -1.21. The lowest BCUT2D eigenvalue weighted by atomic mass is 10.2. The topological polar surface area (TPSA) is 64.1 Å². The summed E-state index contributed by atoms with van der Waals surface area (Å²) in [6, 6.07) is 4.70. The SMILES string of the molecule is O=C(Nc1nnc([C@@H]2CCCO2)s1)c1ccc(Cl)c(Cl)c1. The van der Waals surface area contributed by atoms with Gasteiger partial charge in [-0.15, -0.1) is 10.2 Å². The second kappa shape index (κ2) is 6.27. The molecule has 1 fully saturated rings. The molecule has 0 saturated carbocycles. The number of carbonyl (C=O) groups excluding carboxylic acids is 1. The van der Waals surface area contributed by atoms with E-state index in [2.05, 4.69) is 15.5 Å². The van der Waals surface area contributed by atoms with Gasteiger partial charge in [-0.2, -0.15) is 0 Å². The number of ether oxygens (including phenoxy) is 1. The maximum absolute atomic E-state index is 12.1. The van der Waals surface area contributed by atoms with Crippen molar-refractivity contribution < 1.29 is 9.53 Å². The number of benzene rings is 1. The minimum absolute atomic E-state index is 0.00173. The molecule has 21 heavy (non-hydrogen) atoms. The Bertz CT molecular complexity index is 671. The van der Waals surface area contributed by atoms with Gasteiger partial charge in [0.2, 0.25) is 5.13 Å².